The molecule has 1 saturated heterocycles. The van der Waals surface area contributed by atoms with Gasteiger partial charge in [0.05, 0.1) is 0 Å². The van der Waals surface area contributed by atoms with Gasteiger partial charge in [-0.05, 0) is 81.1 Å². The summed E-state index contributed by atoms with van der Waals surface area (Å²) in [5.74, 6) is 5.40. The first kappa shape index (κ1) is 11.7. The highest BCUT2D eigenvalue weighted by Crippen LogP contribution is 2.56. The van der Waals surface area contributed by atoms with E-state index in [9.17, 15) is 0 Å². The Bertz CT molecular complexity index is 269. The Morgan fingerprint density at radius 1 is 0.833 bits per heavy atom. The average molecular weight is 249 g/mol. The molecule has 5 aliphatic rings. The Hall–Kier alpha value is -0.0800. The fourth-order valence-corrected chi connectivity index (χ4v) is 5.58. The van der Waals surface area contributed by atoms with E-state index >= 15 is 0 Å². The van der Waals surface area contributed by atoms with Crippen molar-refractivity contribution in [2.45, 2.75) is 51.0 Å². The fourth-order valence-electron chi connectivity index (χ4n) is 5.58. The van der Waals surface area contributed by atoms with E-state index in [1.807, 2.05) is 0 Å². The van der Waals surface area contributed by atoms with Crippen molar-refractivity contribution < 1.29 is 4.74 Å². The zero-order valence-corrected chi connectivity index (χ0v) is 11.4. The molecular weight excluding hydrogens is 222 g/mol. The van der Waals surface area contributed by atoms with Crippen molar-refractivity contribution in [1.82, 2.24) is 5.32 Å². The van der Waals surface area contributed by atoms with Crippen molar-refractivity contribution in [3.8, 4) is 0 Å². The molecule has 0 spiro atoms. The smallest absolute Gasteiger partial charge is 0.0480 e. The van der Waals surface area contributed by atoms with Gasteiger partial charge in [-0.15, -0.1) is 0 Å². The molecule has 5 rings (SSSR count). The molecule has 0 aromatic carbocycles. The van der Waals surface area contributed by atoms with Gasteiger partial charge < -0.3 is 10.1 Å². The zero-order valence-electron chi connectivity index (χ0n) is 11.4. The molecule has 102 valence electrons. The van der Waals surface area contributed by atoms with Gasteiger partial charge in [0.15, 0.2) is 0 Å². The van der Waals surface area contributed by atoms with Gasteiger partial charge >= 0.3 is 0 Å². The second-order valence-electron chi connectivity index (χ2n) is 7.39. The van der Waals surface area contributed by atoms with Crippen LogP contribution in [0.25, 0.3) is 0 Å². The Labute approximate surface area is 111 Å². The molecule has 4 saturated carbocycles. The van der Waals surface area contributed by atoms with Crippen LogP contribution in [0.3, 0.4) is 0 Å². The van der Waals surface area contributed by atoms with Crippen LogP contribution in [0.4, 0.5) is 0 Å². The van der Waals surface area contributed by atoms with Crippen molar-refractivity contribution in [3.63, 3.8) is 0 Å². The molecule has 1 N–H and O–H groups in total. The molecule has 0 aromatic rings. The van der Waals surface area contributed by atoms with Gasteiger partial charge in [-0.3, -0.25) is 0 Å². The van der Waals surface area contributed by atoms with Gasteiger partial charge in [0, 0.05) is 19.3 Å². The molecule has 0 unspecified atom stereocenters. The predicted octanol–water partition coefficient (Wildman–Crippen LogP) is 2.83. The molecule has 4 bridgehead atoms. The van der Waals surface area contributed by atoms with Crippen molar-refractivity contribution in [3.05, 3.63) is 0 Å². The molecule has 1 heterocycles. The first-order valence-corrected chi connectivity index (χ1v) is 8.19. The normalized spacial score (nSPS) is 47.7. The van der Waals surface area contributed by atoms with Gasteiger partial charge in [0.1, 0.15) is 0 Å². The largest absolute Gasteiger partial charge is 0.381 e. The third kappa shape index (κ3) is 2.12. The number of hydrogen-bond donors (Lipinski definition) is 1. The first-order chi connectivity index (χ1) is 8.88. The van der Waals surface area contributed by atoms with E-state index in [2.05, 4.69) is 5.32 Å². The molecule has 0 radical (unpaired) electrons. The van der Waals surface area contributed by atoms with E-state index in [0.29, 0.717) is 0 Å². The fraction of sp³-hybridized carbons (Fsp3) is 1.00. The Morgan fingerprint density at radius 3 is 2.06 bits per heavy atom. The lowest BCUT2D eigenvalue weighted by Crippen LogP contribution is -2.50. The van der Waals surface area contributed by atoms with Crippen molar-refractivity contribution >= 4 is 0 Å². The highest BCUT2D eigenvalue weighted by molar-refractivity contribution is 4.98. The molecule has 2 heteroatoms. The summed E-state index contributed by atoms with van der Waals surface area (Å²) >= 11 is 0. The summed E-state index contributed by atoms with van der Waals surface area (Å²) in [6, 6.07) is 0.746. The van der Waals surface area contributed by atoms with Crippen LogP contribution in [0.2, 0.25) is 0 Å². The maximum Gasteiger partial charge on any atom is 0.0480 e. The molecule has 1 aliphatic heterocycles. The minimum absolute atomic E-state index is 0.746. The topological polar surface area (TPSA) is 21.3 Å². The maximum absolute atomic E-state index is 5.45. The van der Waals surface area contributed by atoms with Crippen LogP contribution in [0.1, 0.15) is 44.9 Å². The van der Waals surface area contributed by atoms with E-state index in [1.165, 1.54) is 19.4 Å². The van der Waals surface area contributed by atoms with Crippen LogP contribution in [-0.2, 0) is 4.74 Å². The van der Waals surface area contributed by atoms with E-state index < -0.39 is 0 Å². The molecule has 5 fully saturated rings. The third-order valence-corrected chi connectivity index (χ3v) is 6.29. The highest BCUT2D eigenvalue weighted by Gasteiger charge is 2.47. The summed E-state index contributed by atoms with van der Waals surface area (Å²) in [4.78, 5) is 0. The SMILES string of the molecule is C1CC(NCC2C3CC4CC(C3)CC2C4)CCO1. The molecule has 4 aliphatic carbocycles. The number of nitrogens with one attached hydrogen (secondary N) is 1. The molecule has 0 amide bonds. The third-order valence-electron chi connectivity index (χ3n) is 6.29. The van der Waals surface area contributed by atoms with Crippen LogP contribution in [0.5, 0.6) is 0 Å². The summed E-state index contributed by atoms with van der Waals surface area (Å²) in [6.07, 6.45) is 10.3. The molecule has 0 aromatic heterocycles. The van der Waals surface area contributed by atoms with Crippen LogP contribution in [-0.4, -0.2) is 25.8 Å². The van der Waals surface area contributed by atoms with Gasteiger partial charge in [-0.25, -0.2) is 0 Å². The Morgan fingerprint density at radius 2 is 1.44 bits per heavy atom. The van der Waals surface area contributed by atoms with Gasteiger partial charge in [0.2, 0.25) is 0 Å². The minimum atomic E-state index is 0.746. The minimum Gasteiger partial charge on any atom is -0.381 e. The lowest BCUT2D eigenvalue weighted by Gasteiger charge is -2.54. The van der Waals surface area contributed by atoms with Gasteiger partial charge in [0.25, 0.3) is 0 Å². The quantitative estimate of drug-likeness (QED) is 0.830. The van der Waals surface area contributed by atoms with E-state index in [0.717, 1.165) is 48.8 Å². The average Bonchev–Trinajstić information content (AvgIpc) is 2.38. The van der Waals surface area contributed by atoms with Crippen LogP contribution < -0.4 is 5.32 Å². The summed E-state index contributed by atoms with van der Waals surface area (Å²) < 4.78 is 5.45. The highest BCUT2D eigenvalue weighted by atomic mass is 16.5. The van der Waals surface area contributed by atoms with Crippen LogP contribution >= 0.6 is 0 Å². The van der Waals surface area contributed by atoms with Crippen LogP contribution in [0.15, 0.2) is 0 Å². The Kier molecular flexibility index (Phi) is 3.12. The molecule has 18 heavy (non-hydrogen) atoms. The van der Waals surface area contributed by atoms with Crippen molar-refractivity contribution in [2.75, 3.05) is 19.8 Å². The lowest BCUT2D eigenvalue weighted by atomic mass is 9.52. The summed E-state index contributed by atoms with van der Waals surface area (Å²) in [5.41, 5.74) is 0. The lowest BCUT2D eigenvalue weighted by molar-refractivity contribution is -0.0378. The summed E-state index contributed by atoms with van der Waals surface area (Å²) in [7, 11) is 0. The zero-order chi connectivity index (χ0) is 11.9. The molecule has 0 atom stereocenters. The molecular formula is C16H27NO. The van der Waals surface area contributed by atoms with Gasteiger partial charge in [-0.1, -0.05) is 0 Å². The van der Waals surface area contributed by atoms with E-state index in [4.69, 9.17) is 4.74 Å². The summed E-state index contributed by atoms with van der Waals surface area (Å²) in [5, 5.41) is 3.87. The first-order valence-electron chi connectivity index (χ1n) is 8.19. The van der Waals surface area contributed by atoms with Crippen molar-refractivity contribution in [2.24, 2.45) is 29.6 Å². The number of ether oxygens (including phenoxy) is 1. The standard InChI is InChI=1S/C16H27NO/c1-3-18-4-2-15(1)17-10-16-13-6-11-5-12(8-13)9-14(16)7-11/h11-17H,1-10H2. The van der Waals surface area contributed by atoms with Crippen LogP contribution in [0, 0.1) is 29.6 Å². The van der Waals surface area contributed by atoms with Gasteiger partial charge in [-0.2, -0.15) is 0 Å². The monoisotopic (exact) mass is 249 g/mol. The predicted molar refractivity (Wildman–Crippen MR) is 72.4 cm³/mol. The number of hydrogen-bond acceptors (Lipinski definition) is 2. The second kappa shape index (κ2) is 4.79. The van der Waals surface area contributed by atoms with Crippen molar-refractivity contribution in [1.29, 1.82) is 0 Å². The summed E-state index contributed by atoms with van der Waals surface area (Å²) in [6.45, 7) is 3.25. The second-order valence-corrected chi connectivity index (χ2v) is 7.39. The number of rotatable bonds is 3. The maximum atomic E-state index is 5.45. The van der Waals surface area contributed by atoms with E-state index in [1.54, 1.807) is 32.1 Å². The Balaban J connectivity index is 1.34. The molecule has 2 nitrogen and oxygen atoms in total. The van der Waals surface area contributed by atoms with E-state index in [-0.39, 0.29) is 0 Å².